The summed E-state index contributed by atoms with van der Waals surface area (Å²) in [4.78, 5) is 11.8. The minimum absolute atomic E-state index is 0.155. The van der Waals surface area contributed by atoms with Crippen LogP contribution in [0.1, 0.15) is 15.9 Å². The van der Waals surface area contributed by atoms with Gasteiger partial charge in [-0.15, -0.1) is 0 Å². The molecule has 1 heterocycles. The van der Waals surface area contributed by atoms with Crippen molar-refractivity contribution < 1.29 is 9.18 Å². The summed E-state index contributed by atoms with van der Waals surface area (Å²) in [6, 6.07) is 4.08. The molecule has 0 atom stereocenters. The number of H-pyrrole nitrogens is 1. The van der Waals surface area contributed by atoms with E-state index in [1.807, 2.05) is 0 Å². The van der Waals surface area contributed by atoms with Gasteiger partial charge in [-0.1, -0.05) is 11.8 Å². The first kappa shape index (κ1) is 12.8. The second-order valence-electron chi connectivity index (χ2n) is 3.64. The number of carbonyl (C=O) groups is 1. The topological polar surface area (TPSA) is 83.8 Å². The molecule has 1 aromatic carbocycles. The Morgan fingerprint density at radius 1 is 1.53 bits per heavy atom. The summed E-state index contributed by atoms with van der Waals surface area (Å²) in [6.45, 7) is 0.155. The Morgan fingerprint density at radius 2 is 2.37 bits per heavy atom. The van der Waals surface area contributed by atoms with Crippen LogP contribution in [-0.2, 0) is 0 Å². The maximum Gasteiger partial charge on any atom is 0.255 e. The third kappa shape index (κ3) is 3.18. The molecular weight excluding hydrogens is 247 g/mol. The van der Waals surface area contributed by atoms with Gasteiger partial charge in [0.2, 0.25) is 0 Å². The Labute approximate surface area is 109 Å². The largest absolute Gasteiger partial charge is 0.320 e. The highest BCUT2D eigenvalue weighted by molar-refractivity contribution is 6.04. The molecule has 0 aliphatic rings. The monoisotopic (exact) mass is 258 g/mol. The van der Waals surface area contributed by atoms with Gasteiger partial charge >= 0.3 is 0 Å². The lowest BCUT2D eigenvalue weighted by atomic mass is 10.1. The highest BCUT2D eigenvalue weighted by Crippen LogP contribution is 2.11. The van der Waals surface area contributed by atoms with Crippen LogP contribution < -0.4 is 11.1 Å². The molecule has 2 aromatic rings. The van der Waals surface area contributed by atoms with Gasteiger partial charge in [0.1, 0.15) is 5.82 Å². The summed E-state index contributed by atoms with van der Waals surface area (Å²) >= 11 is 0. The average Bonchev–Trinajstić information content (AvgIpc) is 2.90. The number of amides is 1. The average molecular weight is 258 g/mol. The van der Waals surface area contributed by atoms with E-state index in [1.54, 1.807) is 0 Å². The summed E-state index contributed by atoms with van der Waals surface area (Å²) < 4.78 is 13.7. The fourth-order valence-electron chi connectivity index (χ4n) is 1.43. The molecule has 0 aliphatic heterocycles. The number of anilines is 1. The summed E-state index contributed by atoms with van der Waals surface area (Å²) in [5, 5.41) is 8.82. The van der Waals surface area contributed by atoms with E-state index in [0.717, 1.165) is 6.07 Å². The first-order valence-electron chi connectivity index (χ1n) is 5.49. The number of aromatic nitrogens is 2. The molecular formula is C13H11FN4O. The van der Waals surface area contributed by atoms with Gasteiger partial charge in [-0.2, -0.15) is 5.10 Å². The van der Waals surface area contributed by atoms with Gasteiger partial charge in [0, 0.05) is 11.8 Å². The molecule has 2 rings (SSSR count). The molecule has 19 heavy (non-hydrogen) atoms. The van der Waals surface area contributed by atoms with E-state index in [-0.39, 0.29) is 17.7 Å². The number of carbonyl (C=O) groups excluding carboxylic acids is 1. The maximum atomic E-state index is 13.7. The molecule has 0 saturated heterocycles. The van der Waals surface area contributed by atoms with Crippen molar-refractivity contribution >= 4 is 11.6 Å². The fourth-order valence-corrected chi connectivity index (χ4v) is 1.43. The lowest BCUT2D eigenvalue weighted by molar-refractivity contribution is 0.102. The van der Waals surface area contributed by atoms with E-state index < -0.39 is 11.7 Å². The van der Waals surface area contributed by atoms with E-state index in [9.17, 15) is 9.18 Å². The van der Waals surface area contributed by atoms with Crippen LogP contribution in [0.5, 0.6) is 0 Å². The Hall–Kier alpha value is -2.65. The number of aromatic amines is 1. The summed E-state index contributed by atoms with van der Waals surface area (Å²) in [5.74, 6) is 4.17. The molecule has 1 amide bonds. The molecule has 4 N–H and O–H groups in total. The van der Waals surface area contributed by atoms with E-state index in [2.05, 4.69) is 27.4 Å². The van der Waals surface area contributed by atoms with Gasteiger partial charge in [-0.05, 0) is 18.2 Å². The van der Waals surface area contributed by atoms with Crippen LogP contribution in [0, 0.1) is 17.7 Å². The van der Waals surface area contributed by atoms with E-state index in [0.29, 0.717) is 5.69 Å². The van der Waals surface area contributed by atoms with Crippen molar-refractivity contribution in [2.75, 3.05) is 11.9 Å². The van der Waals surface area contributed by atoms with Gasteiger partial charge < -0.3 is 11.1 Å². The van der Waals surface area contributed by atoms with Crippen molar-refractivity contribution in [3.63, 3.8) is 0 Å². The van der Waals surface area contributed by atoms with Gasteiger partial charge in [0.15, 0.2) is 0 Å². The van der Waals surface area contributed by atoms with Crippen molar-refractivity contribution in [1.29, 1.82) is 0 Å². The number of rotatable bonds is 2. The van der Waals surface area contributed by atoms with Gasteiger partial charge in [0.25, 0.3) is 5.91 Å². The van der Waals surface area contributed by atoms with Gasteiger partial charge in [-0.25, -0.2) is 4.39 Å². The molecule has 0 radical (unpaired) electrons. The van der Waals surface area contributed by atoms with Crippen LogP contribution in [0.25, 0.3) is 0 Å². The zero-order chi connectivity index (χ0) is 13.7. The number of nitrogens with zero attached hydrogens (tertiary/aromatic N) is 1. The number of hydrogen-bond acceptors (Lipinski definition) is 3. The normalized spacial score (nSPS) is 9.58. The molecule has 96 valence electrons. The Morgan fingerprint density at radius 3 is 3.00 bits per heavy atom. The lowest BCUT2D eigenvalue weighted by Crippen LogP contribution is -2.11. The van der Waals surface area contributed by atoms with Crippen molar-refractivity contribution in [2.24, 2.45) is 5.73 Å². The molecule has 0 saturated carbocycles. The Kier molecular flexibility index (Phi) is 3.90. The first-order chi connectivity index (χ1) is 9.20. The van der Waals surface area contributed by atoms with E-state index >= 15 is 0 Å². The predicted octanol–water partition coefficient (Wildman–Crippen LogP) is 1.11. The molecule has 1 aromatic heterocycles. The number of benzene rings is 1. The standard InChI is InChI=1S/C13H11FN4O/c14-12-6-10(4-3-9(12)2-1-5-15)13(19)18-11-7-16-17-8-11/h3-4,6-8H,5,15H2,(H,16,17)(H,18,19). The third-order valence-electron chi connectivity index (χ3n) is 2.31. The van der Waals surface area contributed by atoms with Crippen LogP contribution >= 0.6 is 0 Å². The van der Waals surface area contributed by atoms with Crippen LogP contribution in [0.3, 0.4) is 0 Å². The number of nitrogens with one attached hydrogen (secondary N) is 2. The van der Waals surface area contributed by atoms with E-state index in [1.165, 1.54) is 24.5 Å². The number of hydrogen-bond donors (Lipinski definition) is 3. The van der Waals surface area contributed by atoms with Gasteiger partial charge in [0.05, 0.1) is 24.0 Å². The zero-order valence-electron chi connectivity index (χ0n) is 9.90. The maximum absolute atomic E-state index is 13.7. The lowest BCUT2D eigenvalue weighted by Gasteiger charge is -2.03. The summed E-state index contributed by atoms with van der Waals surface area (Å²) in [6.07, 6.45) is 2.98. The number of nitrogens with two attached hydrogens (primary N) is 1. The first-order valence-corrected chi connectivity index (χ1v) is 5.49. The van der Waals surface area contributed by atoms with Crippen molar-refractivity contribution in [3.05, 3.63) is 47.5 Å². The summed E-state index contributed by atoms with van der Waals surface area (Å²) in [5.41, 5.74) is 6.14. The Balaban J connectivity index is 2.17. The fraction of sp³-hybridized carbons (Fsp3) is 0.0769. The minimum Gasteiger partial charge on any atom is -0.320 e. The molecule has 0 bridgehead atoms. The second kappa shape index (κ2) is 5.80. The highest BCUT2D eigenvalue weighted by atomic mass is 19.1. The highest BCUT2D eigenvalue weighted by Gasteiger charge is 2.09. The summed E-state index contributed by atoms with van der Waals surface area (Å²) in [7, 11) is 0. The van der Waals surface area contributed by atoms with Gasteiger partial charge in [-0.3, -0.25) is 9.89 Å². The second-order valence-corrected chi connectivity index (χ2v) is 3.64. The minimum atomic E-state index is -0.555. The van der Waals surface area contributed by atoms with Crippen molar-refractivity contribution in [2.45, 2.75) is 0 Å². The predicted molar refractivity (Wildman–Crippen MR) is 68.9 cm³/mol. The quantitative estimate of drug-likeness (QED) is 0.705. The third-order valence-corrected chi connectivity index (χ3v) is 2.31. The smallest absolute Gasteiger partial charge is 0.255 e. The van der Waals surface area contributed by atoms with E-state index in [4.69, 9.17) is 5.73 Å². The molecule has 0 unspecified atom stereocenters. The SMILES string of the molecule is NCC#Cc1ccc(C(=O)Nc2cn[nH]c2)cc1F. The Bertz CT molecular complexity index is 640. The molecule has 5 nitrogen and oxygen atoms in total. The van der Waals surface area contributed by atoms with Crippen molar-refractivity contribution in [1.82, 2.24) is 10.2 Å². The molecule has 0 fully saturated rings. The zero-order valence-corrected chi connectivity index (χ0v) is 9.90. The molecule has 0 aliphatic carbocycles. The van der Waals surface area contributed by atoms with Crippen LogP contribution in [0.4, 0.5) is 10.1 Å². The van der Waals surface area contributed by atoms with Crippen molar-refractivity contribution in [3.8, 4) is 11.8 Å². The van der Waals surface area contributed by atoms with Crippen LogP contribution in [-0.4, -0.2) is 22.6 Å². The van der Waals surface area contributed by atoms with Crippen LogP contribution in [0.2, 0.25) is 0 Å². The van der Waals surface area contributed by atoms with Crippen LogP contribution in [0.15, 0.2) is 30.6 Å². The number of halogens is 1. The molecule has 0 spiro atoms. The molecule has 6 heteroatoms.